The Labute approximate surface area is 182 Å². The number of phenolic OH excluding ortho intramolecular Hbond substituents is 1. The number of aromatic hydroxyl groups is 1. The number of nitrogens with one attached hydrogen (secondary N) is 1. The lowest BCUT2D eigenvalue weighted by Gasteiger charge is -2.02. The maximum absolute atomic E-state index is 12.2. The molecular formula is C16H8Br2IN3O5. The van der Waals surface area contributed by atoms with E-state index < -0.39 is 10.8 Å². The fourth-order valence-corrected chi connectivity index (χ4v) is 4.18. The molecule has 3 aromatic rings. The van der Waals surface area contributed by atoms with Crippen molar-refractivity contribution in [2.75, 3.05) is 0 Å². The molecule has 0 saturated heterocycles. The van der Waals surface area contributed by atoms with E-state index in [1.54, 1.807) is 40.8 Å². The molecule has 0 radical (unpaired) electrons. The van der Waals surface area contributed by atoms with Crippen molar-refractivity contribution in [3.8, 4) is 5.75 Å². The Bertz CT molecular complexity index is 1110. The Kier molecular flexibility index (Phi) is 5.81. The quantitative estimate of drug-likeness (QED) is 0.188. The molecule has 0 saturated carbocycles. The zero-order valence-electron chi connectivity index (χ0n) is 13.1. The van der Waals surface area contributed by atoms with Crippen LogP contribution in [0.25, 0.3) is 11.0 Å². The summed E-state index contributed by atoms with van der Waals surface area (Å²) in [6, 6.07) is 7.54. The molecule has 0 fully saturated rings. The third-order valence-electron chi connectivity index (χ3n) is 3.42. The van der Waals surface area contributed by atoms with Gasteiger partial charge in [-0.15, -0.1) is 0 Å². The third kappa shape index (κ3) is 4.30. The summed E-state index contributed by atoms with van der Waals surface area (Å²) in [6.45, 7) is 0. The van der Waals surface area contributed by atoms with Crippen LogP contribution in [0.1, 0.15) is 16.1 Å². The summed E-state index contributed by atoms with van der Waals surface area (Å²) in [4.78, 5) is 22.5. The van der Waals surface area contributed by atoms with Crippen molar-refractivity contribution in [2.24, 2.45) is 5.10 Å². The van der Waals surface area contributed by atoms with E-state index in [1.165, 1.54) is 6.07 Å². The zero-order valence-corrected chi connectivity index (χ0v) is 18.4. The number of halogens is 3. The van der Waals surface area contributed by atoms with Gasteiger partial charge in [0.15, 0.2) is 5.76 Å². The number of amides is 1. The van der Waals surface area contributed by atoms with Gasteiger partial charge in [-0.25, -0.2) is 5.43 Å². The number of carbonyl (C=O) groups excluding carboxylic acids is 1. The minimum atomic E-state index is -0.606. The lowest BCUT2D eigenvalue weighted by molar-refractivity contribution is -0.385. The van der Waals surface area contributed by atoms with E-state index in [0.29, 0.717) is 13.6 Å². The van der Waals surface area contributed by atoms with Crippen molar-refractivity contribution >= 4 is 83.2 Å². The molecule has 2 aromatic carbocycles. The highest BCUT2D eigenvalue weighted by Gasteiger charge is 2.15. The molecule has 8 nitrogen and oxygen atoms in total. The van der Waals surface area contributed by atoms with Crippen molar-refractivity contribution in [3.63, 3.8) is 0 Å². The average molecular weight is 609 g/mol. The van der Waals surface area contributed by atoms with Crippen LogP contribution in [0.4, 0.5) is 5.69 Å². The first kappa shape index (κ1) is 19.8. The van der Waals surface area contributed by atoms with Crippen LogP contribution in [0.3, 0.4) is 0 Å². The first-order valence-corrected chi connectivity index (χ1v) is 9.81. The topological polar surface area (TPSA) is 118 Å². The van der Waals surface area contributed by atoms with E-state index in [0.717, 1.165) is 22.1 Å². The minimum absolute atomic E-state index is 0.0406. The van der Waals surface area contributed by atoms with Gasteiger partial charge in [0.05, 0.1) is 19.2 Å². The Morgan fingerprint density at radius 2 is 2.04 bits per heavy atom. The largest absolute Gasteiger partial charge is 0.506 e. The summed E-state index contributed by atoms with van der Waals surface area (Å²) in [7, 11) is 0. The van der Waals surface area contributed by atoms with E-state index >= 15 is 0 Å². The van der Waals surface area contributed by atoms with E-state index in [-0.39, 0.29) is 22.8 Å². The number of phenols is 1. The van der Waals surface area contributed by atoms with Crippen molar-refractivity contribution in [3.05, 3.63) is 64.3 Å². The van der Waals surface area contributed by atoms with Crippen molar-refractivity contribution in [1.82, 2.24) is 5.43 Å². The van der Waals surface area contributed by atoms with Gasteiger partial charge in [0.1, 0.15) is 11.3 Å². The number of non-ortho nitro benzene ring substituents is 1. The Morgan fingerprint density at radius 3 is 2.74 bits per heavy atom. The molecule has 138 valence electrons. The molecule has 2 N–H and O–H groups in total. The number of hydrogen-bond acceptors (Lipinski definition) is 6. The molecule has 3 rings (SSSR count). The van der Waals surface area contributed by atoms with Crippen LogP contribution >= 0.6 is 54.5 Å². The second-order valence-electron chi connectivity index (χ2n) is 5.24. The molecule has 1 aromatic heterocycles. The van der Waals surface area contributed by atoms with Crippen LogP contribution in [-0.2, 0) is 0 Å². The molecule has 27 heavy (non-hydrogen) atoms. The minimum Gasteiger partial charge on any atom is -0.506 e. The van der Waals surface area contributed by atoms with Crippen molar-refractivity contribution in [1.29, 1.82) is 0 Å². The second kappa shape index (κ2) is 7.94. The fourth-order valence-electron chi connectivity index (χ4n) is 2.21. The van der Waals surface area contributed by atoms with Gasteiger partial charge in [0.25, 0.3) is 5.69 Å². The summed E-state index contributed by atoms with van der Waals surface area (Å²) < 4.78 is 7.32. The van der Waals surface area contributed by atoms with Crippen LogP contribution in [0.15, 0.2) is 48.8 Å². The van der Waals surface area contributed by atoms with Gasteiger partial charge in [-0.1, -0.05) is 15.9 Å². The zero-order chi connectivity index (χ0) is 19.7. The Morgan fingerprint density at radius 1 is 1.30 bits per heavy atom. The van der Waals surface area contributed by atoms with E-state index in [9.17, 15) is 20.0 Å². The van der Waals surface area contributed by atoms with Crippen LogP contribution in [-0.4, -0.2) is 22.2 Å². The van der Waals surface area contributed by atoms with Crippen molar-refractivity contribution in [2.45, 2.75) is 0 Å². The molecule has 1 heterocycles. The summed E-state index contributed by atoms with van der Waals surface area (Å²) in [6.07, 6.45) is 1.12. The number of furan rings is 1. The molecule has 1 amide bonds. The number of nitro benzene ring substituents is 1. The number of hydrazone groups is 1. The van der Waals surface area contributed by atoms with E-state index in [1.807, 2.05) is 0 Å². The van der Waals surface area contributed by atoms with Crippen LogP contribution in [0, 0.1) is 13.7 Å². The molecule has 0 bridgehead atoms. The average Bonchev–Trinajstić information content (AvgIpc) is 3.02. The monoisotopic (exact) mass is 607 g/mol. The maximum Gasteiger partial charge on any atom is 0.307 e. The number of hydrogen-bond donors (Lipinski definition) is 2. The molecule has 0 unspecified atom stereocenters. The Hall–Kier alpha value is -1.99. The van der Waals surface area contributed by atoms with Gasteiger partial charge in [-0.2, -0.15) is 5.10 Å². The summed E-state index contributed by atoms with van der Waals surface area (Å²) in [5, 5.41) is 25.3. The molecule has 0 aliphatic rings. The molecule has 11 heteroatoms. The number of benzene rings is 2. The van der Waals surface area contributed by atoms with Gasteiger partial charge in [0, 0.05) is 27.6 Å². The first-order valence-electron chi connectivity index (χ1n) is 7.15. The molecule has 0 aliphatic heterocycles. The molecule has 0 atom stereocenters. The number of rotatable bonds is 4. The summed E-state index contributed by atoms with van der Waals surface area (Å²) in [5.41, 5.74) is 2.68. The van der Waals surface area contributed by atoms with Gasteiger partial charge in [0.2, 0.25) is 0 Å². The smallest absolute Gasteiger partial charge is 0.307 e. The second-order valence-corrected chi connectivity index (χ2v) is 8.17. The van der Waals surface area contributed by atoms with E-state index in [2.05, 4.69) is 42.4 Å². The standard InChI is InChI=1S/C16H8Br2IN3O5/c17-9-1-7-3-13(27-15(7)11(18)4-9)16(24)21-20-6-8-2-10(22(25)26)5-12(19)14(8)23/h1-6,23H,(H,21,24)/b20-6-. The summed E-state index contributed by atoms with van der Waals surface area (Å²) >= 11 is 8.49. The lowest BCUT2D eigenvalue weighted by Crippen LogP contribution is -2.16. The molecular weight excluding hydrogens is 601 g/mol. The number of nitro groups is 1. The van der Waals surface area contributed by atoms with Crippen LogP contribution < -0.4 is 5.43 Å². The van der Waals surface area contributed by atoms with Crippen LogP contribution in [0.2, 0.25) is 0 Å². The number of fused-ring (bicyclic) bond motifs is 1. The highest BCUT2D eigenvalue weighted by molar-refractivity contribution is 14.1. The lowest BCUT2D eigenvalue weighted by atomic mass is 10.2. The number of nitrogens with zero attached hydrogens (tertiary/aromatic N) is 2. The predicted octanol–water partition coefficient (Wildman–Crippen LogP) is 4.94. The van der Waals surface area contributed by atoms with Gasteiger partial charge >= 0.3 is 5.91 Å². The SMILES string of the molecule is O=C(N/N=C\c1cc([N+](=O)[O-])cc(I)c1O)c1cc2cc(Br)cc(Br)c2o1. The first-order chi connectivity index (χ1) is 12.8. The Balaban J connectivity index is 1.82. The third-order valence-corrected chi connectivity index (χ3v) is 5.29. The molecule has 0 aliphatic carbocycles. The predicted molar refractivity (Wildman–Crippen MR) is 114 cm³/mol. The maximum atomic E-state index is 12.2. The van der Waals surface area contributed by atoms with Gasteiger partial charge in [-0.3, -0.25) is 14.9 Å². The number of carbonyl (C=O) groups is 1. The highest BCUT2D eigenvalue weighted by atomic mass is 127. The van der Waals surface area contributed by atoms with Crippen molar-refractivity contribution < 1.29 is 19.2 Å². The summed E-state index contributed by atoms with van der Waals surface area (Å²) in [5.74, 6) is -0.736. The molecule has 0 spiro atoms. The highest BCUT2D eigenvalue weighted by Crippen LogP contribution is 2.31. The normalized spacial score (nSPS) is 11.2. The van der Waals surface area contributed by atoms with Gasteiger partial charge in [-0.05, 0) is 56.7 Å². The fraction of sp³-hybridized carbons (Fsp3) is 0. The van der Waals surface area contributed by atoms with E-state index in [4.69, 9.17) is 4.42 Å². The van der Waals surface area contributed by atoms with Gasteiger partial charge < -0.3 is 9.52 Å². The van der Waals surface area contributed by atoms with Crippen LogP contribution in [0.5, 0.6) is 5.75 Å².